The van der Waals surface area contributed by atoms with E-state index in [2.05, 4.69) is 4.57 Å². The van der Waals surface area contributed by atoms with Crippen molar-refractivity contribution in [3.8, 4) is 0 Å². The van der Waals surface area contributed by atoms with Crippen LogP contribution >= 0.6 is 0 Å². The fourth-order valence-corrected chi connectivity index (χ4v) is 1.86. The van der Waals surface area contributed by atoms with Crippen molar-refractivity contribution in [2.45, 2.75) is 32.6 Å². The third-order valence-corrected chi connectivity index (χ3v) is 2.51. The van der Waals surface area contributed by atoms with Crippen molar-refractivity contribution >= 4 is 0 Å². The van der Waals surface area contributed by atoms with Gasteiger partial charge in [-0.1, -0.05) is 0 Å². The Balaban J connectivity index is 2.18. The van der Waals surface area contributed by atoms with Crippen molar-refractivity contribution < 1.29 is 9.84 Å². The molecule has 1 aromatic heterocycles. The number of aliphatic hydroxyl groups is 1. The van der Waals surface area contributed by atoms with Crippen LogP contribution in [0.3, 0.4) is 0 Å². The van der Waals surface area contributed by atoms with Gasteiger partial charge in [0.15, 0.2) is 0 Å². The Morgan fingerprint density at radius 1 is 1.69 bits per heavy atom. The molecule has 0 aliphatic carbocycles. The minimum Gasteiger partial charge on any atom is -0.387 e. The summed E-state index contributed by atoms with van der Waals surface area (Å²) in [4.78, 5) is 0. The Morgan fingerprint density at radius 2 is 2.54 bits per heavy atom. The van der Waals surface area contributed by atoms with E-state index in [0.29, 0.717) is 6.61 Å². The monoisotopic (exact) mass is 181 g/mol. The molecule has 3 nitrogen and oxygen atoms in total. The zero-order chi connectivity index (χ0) is 9.26. The minimum atomic E-state index is -0.287. The third-order valence-electron chi connectivity index (χ3n) is 2.51. The molecule has 2 rings (SSSR count). The first-order valence-electron chi connectivity index (χ1n) is 4.76. The van der Waals surface area contributed by atoms with E-state index >= 15 is 0 Å². The van der Waals surface area contributed by atoms with E-state index in [9.17, 15) is 5.11 Å². The number of nitrogens with zero attached hydrogens (tertiary/aromatic N) is 1. The normalized spacial score (nSPS) is 20.6. The molecule has 0 amide bonds. The molecule has 1 aromatic rings. The third kappa shape index (κ3) is 1.49. The van der Waals surface area contributed by atoms with Gasteiger partial charge in [-0.05, 0) is 19.4 Å². The smallest absolute Gasteiger partial charge is 0.0960 e. The summed E-state index contributed by atoms with van der Waals surface area (Å²) in [6, 6.07) is 2.04. The molecule has 1 aliphatic rings. The lowest BCUT2D eigenvalue weighted by Gasteiger charge is -2.05. The molecular weight excluding hydrogens is 166 g/mol. The highest BCUT2D eigenvalue weighted by Gasteiger charge is 2.23. The van der Waals surface area contributed by atoms with Crippen molar-refractivity contribution in [1.82, 2.24) is 4.57 Å². The number of aliphatic hydroxyl groups excluding tert-OH is 1. The average Bonchev–Trinajstić information content (AvgIpc) is 2.67. The Bertz CT molecular complexity index is 293. The first kappa shape index (κ1) is 8.78. The maximum absolute atomic E-state index is 9.67. The van der Waals surface area contributed by atoms with Gasteiger partial charge < -0.3 is 14.4 Å². The molecule has 0 unspecified atom stereocenters. The zero-order valence-electron chi connectivity index (χ0n) is 7.86. The highest BCUT2D eigenvalue weighted by Crippen LogP contribution is 2.29. The number of ether oxygens (including phenoxy) is 1. The summed E-state index contributed by atoms with van der Waals surface area (Å²) < 4.78 is 7.44. The van der Waals surface area contributed by atoms with Gasteiger partial charge in [0.05, 0.1) is 18.4 Å². The van der Waals surface area contributed by atoms with Gasteiger partial charge in [0.2, 0.25) is 0 Å². The van der Waals surface area contributed by atoms with E-state index < -0.39 is 0 Å². The van der Waals surface area contributed by atoms with Crippen molar-refractivity contribution in [2.24, 2.45) is 0 Å². The second kappa shape index (κ2) is 3.52. The molecule has 1 N–H and O–H groups in total. The molecule has 13 heavy (non-hydrogen) atoms. The van der Waals surface area contributed by atoms with Gasteiger partial charge in [-0.2, -0.15) is 0 Å². The second-order valence-corrected chi connectivity index (χ2v) is 3.36. The maximum atomic E-state index is 9.67. The number of fused-ring (bicyclic) bond motifs is 1. The summed E-state index contributed by atoms with van der Waals surface area (Å²) in [5.41, 5.74) is 2.18. The molecule has 72 valence electrons. The van der Waals surface area contributed by atoms with Crippen molar-refractivity contribution in [1.29, 1.82) is 0 Å². The van der Waals surface area contributed by atoms with Crippen LogP contribution in [-0.2, 0) is 17.9 Å². The van der Waals surface area contributed by atoms with E-state index in [1.54, 1.807) is 0 Å². The highest BCUT2D eigenvalue weighted by atomic mass is 16.5. The largest absolute Gasteiger partial charge is 0.387 e. The molecule has 1 atom stereocenters. The van der Waals surface area contributed by atoms with E-state index in [4.69, 9.17) is 4.74 Å². The van der Waals surface area contributed by atoms with E-state index in [1.807, 2.05) is 19.2 Å². The number of hydrogen-bond acceptors (Lipinski definition) is 2. The summed E-state index contributed by atoms with van der Waals surface area (Å²) in [5.74, 6) is 0. The van der Waals surface area contributed by atoms with Crippen LogP contribution in [-0.4, -0.2) is 16.3 Å². The summed E-state index contributed by atoms with van der Waals surface area (Å²) in [7, 11) is 0. The van der Waals surface area contributed by atoms with Gasteiger partial charge in [0.25, 0.3) is 0 Å². The first-order valence-corrected chi connectivity index (χ1v) is 4.76. The predicted octanol–water partition coefficient (Wildman–Crippen LogP) is 1.46. The van der Waals surface area contributed by atoms with Crippen LogP contribution in [0.15, 0.2) is 12.3 Å². The van der Waals surface area contributed by atoms with E-state index in [0.717, 1.165) is 30.8 Å². The fraction of sp³-hybridized carbons (Fsp3) is 0.600. The Hall–Kier alpha value is -0.800. The quantitative estimate of drug-likeness (QED) is 0.766. The Labute approximate surface area is 77.9 Å². The standard InChI is InChI=1S/C10H15NO2/c1-2-13-7-8-3-5-11-6-4-9(12)10(8)11/h3,5,9,12H,2,4,6-7H2,1H3/t9-/m1/s1. The van der Waals surface area contributed by atoms with E-state index in [1.165, 1.54) is 0 Å². The predicted molar refractivity (Wildman–Crippen MR) is 49.3 cm³/mol. The van der Waals surface area contributed by atoms with Crippen LogP contribution in [0.25, 0.3) is 0 Å². The maximum Gasteiger partial charge on any atom is 0.0960 e. The van der Waals surface area contributed by atoms with Gasteiger partial charge >= 0.3 is 0 Å². The van der Waals surface area contributed by atoms with Crippen molar-refractivity contribution in [3.05, 3.63) is 23.5 Å². The van der Waals surface area contributed by atoms with Gasteiger partial charge in [0, 0.05) is 24.9 Å². The molecule has 0 saturated carbocycles. The van der Waals surface area contributed by atoms with Crippen LogP contribution in [0.5, 0.6) is 0 Å². The number of aryl methyl sites for hydroxylation is 1. The Morgan fingerprint density at radius 3 is 3.31 bits per heavy atom. The topological polar surface area (TPSA) is 34.4 Å². The van der Waals surface area contributed by atoms with Gasteiger partial charge in [-0.3, -0.25) is 0 Å². The van der Waals surface area contributed by atoms with Crippen LogP contribution in [0.1, 0.15) is 30.7 Å². The summed E-state index contributed by atoms with van der Waals surface area (Å²) >= 11 is 0. The summed E-state index contributed by atoms with van der Waals surface area (Å²) in [6.45, 7) is 4.26. The van der Waals surface area contributed by atoms with Crippen LogP contribution in [0, 0.1) is 0 Å². The van der Waals surface area contributed by atoms with E-state index in [-0.39, 0.29) is 6.10 Å². The number of aromatic nitrogens is 1. The Kier molecular flexibility index (Phi) is 2.38. The molecule has 3 heteroatoms. The molecule has 0 spiro atoms. The summed E-state index contributed by atoms with van der Waals surface area (Å²) in [6.07, 6.45) is 2.58. The first-order chi connectivity index (χ1) is 6.33. The number of rotatable bonds is 3. The molecule has 0 fully saturated rings. The molecular formula is C10H15NO2. The molecule has 0 saturated heterocycles. The fourth-order valence-electron chi connectivity index (χ4n) is 1.86. The second-order valence-electron chi connectivity index (χ2n) is 3.36. The molecule has 0 radical (unpaired) electrons. The summed E-state index contributed by atoms with van der Waals surface area (Å²) in [5, 5.41) is 9.67. The van der Waals surface area contributed by atoms with Crippen LogP contribution in [0.4, 0.5) is 0 Å². The van der Waals surface area contributed by atoms with Crippen molar-refractivity contribution in [2.75, 3.05) is 6.61 Å². The SMILES string of the molecule is CCOCc1ccn2c1[C@H](O)CC2. The highest BCUT2D eigenvalue weighted by molar-refractivity contribution is 5.26. The zero-order valence-corrected chi connectivity index (χ0v) is 7.86. The molecule has 0 bridgehead atoms. The van der Waals surface area contributed by atoms with Crippen LogP contribution in [0.2, 0.25) is 0 Å². The minimum absolute atomic E-state index is 0.287. The lowest BCUT2D eigenvalue weighted by Crippen LogP contribution is -1.99. The lowest BCUT2D eigenvalue weighted by molar-refractivity contribution is 0.128. The lowest BCUT2D eigenvalue weighted by atomic mass is 10.1. The number of hydrogen-bond donors (Lipinski definition) is 1. The molecule has 1 aliphatic heterocycles. The average molecular weight is 181 g/mol. The molecule has 2 heterocycles. The molecule has 0 aromatic carbocycles. The van der Waals surface area contributed by atoms with Crippen molar-refractivity contribution in [3.63, 3.8) is 0 Å². The van der Waals surface area contributed by atoms with Gasteiger partial charge in [-0.25, -0.2) is 0 Å². The van der Waals surface area contributed by atoms with Crippen LogP contribution < -0.4 is 0 Å². The van der Waals surface area contributed by atoms with Gasteiger partial charge in [-0.15, -0.1) is 0 Å². The van der Waals surface area contributed by atoms with Gasteiger partial charge in [0.1, 0.15) is 0 Å².